The first-order chi connectivity index (χ1) is 9.11. The average Bonchev–Trinajstić information content (AvgIpc) is 2.36. The lowest BCUT2D eigenvalue weighted by Gasteiger charge is -2.22. The maximum Gasteiger partial charge on any atom is 0.247 e. The first-order valence-electron chi connectivity index (χ1n) is 6.46. The highest BCUT2D eigenvalue weighted by Gasteiger charge is 2.17. The second-order valence-electron chi connectivity index (χ2n) is 4.80. The number of methoxy groups -OCH3 is 1. The van der Waals surface area contributed by atoms with E-state index in [1.807, 2.05) is 38.1 Å². The van der Waals surface area contributed by atoms with Crippen LogP contribution in [0, 0.1) is 0 Å². The van der Waals surface area contributed by atoms with Crippen molar-refractivity contribution in [2.45, 2.75) is 19.9 Å². The van der Waals surface area contributed by atoms with Crippen molar-refractivity contribution < 1.29 is 9.53 Å². The molecule has 1 fully saturated rings. The van der Waals surface area contributed by atoms with Crippen LogP contribution in [-0.2, 0) is 4.79 Å². The molecule has 0 spiro atoms. The lowest BCUT2D eigenvalue weighted by molar-refractivity contribution is -0.118. The summed E-state index contributed by atoms with van der Waals surface area (Å²) in [6.45, 7) is 5.52. The van der Waals surface area contributed by atoms with E-state index in [-0.39, 0.29) is 11.9 Å². The highest BCUT2D eigenvalue weighted by Crippen LogP contribution is 2.18. The van der Waals surface area contributed by atoms with Crippen LogP contribution in [0.3, 0.4) is 0 Å². The maximum atomic E-state index is 12.1. The SMILES string of the molecule is COc1ccc([C@H](C)NC(=O)C(C)=C2CNC2)cc1. The van der Waals surface area contributed by atoms with E-state index >= 15 is 0 Å². The Kier molecular flexibility index (Phi) is 4.22. The molecular weight excluding hydrogens is 240 g/mol. The number of rotatable bonds is 4. The fourth-order valence-corrected chi connectivity index (χ4v) is 1.96. The molecular formula is C15H20N2O2. The Morgan fingerprint density at radius 1 is 1.32 bits per heavy atom. The van der Waals surface area contributed by atoms with Crippen LogP contribution in [0.2, 0.25) is 0 Å². The van der Waals surface area contributed by atoms with Crippen LogP contribution in [-0.4, -0.2) is 26.1 Å². The summed E-state index contributed by atoms with van der Waals surface area (Å²) in [5.41, 5.74) is 3.09. The normalized spacial score (nSPS) is 15.4. The molecule has 1 heterocycles. The van der Waals surface area contributed by atoms with Gasteiger partial charge in [0.1, 0.15) is 5.75 Å². The molecule has 0 saturated carbocycles. The third-order valence-electron chi connectivity index (χ3n) is 3.51. The van der Waals surface area contributed by atoms with Crippen LogP contribution in [0.25, 0.3) is 0 Å². The van der Waals surface area contributed by atoms with Crippen molar-refractivity contribution >= 4 is 5.91 Å². The van der Waals surface area contributed by atoms with Gasteiger partial charge in [0.25, 0.3) is 0 Å². The van der Waals surface area contributed by atoms with E-state index in [1.54, 1.807) is 7.11 Å². The second kappa shape index (κ2) is 5.89. The van der Waals surface area contributed by atoms with E-state index < -0.39 is 0 Å². The van der Waals surface area contributed by atoms with E-state index in [0.717, 1.165) is 30.0 Å². The number of ether oxygens (including phenoxy) is 1. The van der Waals surface area contributed by atoms with Crippen molar-refractivity contribution in [2.75, 3.05) is 20.2 Å². The fraction of sp³-hybridized carbons (Fsp3) is 0.400. The van der Waals surface area contributed by atoms with Crippen molar-refractivity contribution in [3.05, 3.63) is 41.0 Å². The highest BCUT2D eigenvalue weighted by molar-refractivity contribution is 5.94. The largest absolute Gasteiger partial charge is 0.497 e. The molecule has 0 radical (unpaired) electrons. The van der Waals surface area contributed by atoms with Crippen molar-refractivity contribution in [1.82, 2.24) is 10.6 Å². The van der Waals surface area contributed by atoms with Crippen LogP contribution >= 0.6 is 0 Å². The quantitative estimate of drug-likeness (QED) is 0.812. The summed E-state index contributed by atoms with van der Waals surface area (Å²) in [4.78, 5) is 12.1. The zero-order valence-corrected chi connectivity index (χ0v) is 11.6. The third-order valence-corrected chi connectivity index (χ3v) is 3.51. The molecule has 0 bridgehead atoms. The minimum atomic E-state index is -0.0120. The number of hydrogen-bond acceptors (Lipinski definition) is 3. The zero-order valence-electron chi connectivity index (χ0n) is 11.6. The van der Waals surface area contributed by atoms with Crippen molar-refractivity contribution in [3.63, 3.8) is 0 Å². The summed E-state index contributed by atoms with van der Waals surface area (Å²) in [6, 6.07) is 7.73. The molecule has 1 amide bonds. The Morgan fingerprint density at radius 2 is 1.95 bits per heavy atom. The van der Waals surface area contributed by atoms with Gasteiger partial charge in [0.2, 0.25) is 5.91 Å². The standard InChI is InChI=1S/C15H20N2O2/c1-10(13-8-16-9-13)15(18)17-11(2)12-4-6-14(19-3)7-5-12/h4-7,11,16H,8-9H2,1-3H3,(H,17,18)/t11-/m0/s1. The maximum absolute atomic E-state index is 12.1. The molecule has 0 unspecified atom stereocenters. The molecule has 0 aromatic heterocycles. The molecule has 4 nitrogen and oxygen atoms in total. The van der Waals surface area contributed by atoms with Crippen LogP contribution in [0.5, 0.6) is 5.75 Å². The van der Waals surface area contributed by atoms with E-state index in [2.05, 4.69) is 10.6 Å². The molecule has 1 aromatic carbocycles. The van der Waals surface area contributed by atoms with Gasteiger partial charge in [-0.2, -0.15) is 0 Å². The van der Waals surface area contributed by atoms with Crippen LogP contribution in [0.1, 0.15) is 25.5 Å². The molecule has 102 valence electrons. The lowest BCUT2D eigenvalue weighted by atomic mass is 10.0. The molecule has 0 aliphatic carbocycles. The predicted octanol–water partition coefficient (Wildman–Crippen LogP) is 1.79. The summed E-state index contributed by atoms with van der Waals surface area (Å²) in [5, 5.41) is 6.16. The van der Waals surface area contributed by atoms with Crippen molar-refractivity contribution in [3.8, 4) is 5.75 Å². The molecule has 1 saturated heterocycles. The minimum absolute atomic E-state index is 0.0120. The van der Waals surface area contributed by atoms with E-state index in [0.29, 0.717) is 0 Å². The number of hydrogen-bond donors (Lipinski definition) is 2. The first-order valence-corrected chi connectivity index (χ1v) is 6.46. The molecule has 1 atom stereocenters. The number of carbonyl (C=O) groups is 1. The Labute approximate surface area is 113 Å². The summed E-state index contributed by atoms with van der Waals surface area (Å²) in [7, 11) is 1.64. The van der Waals surface area contributed by atoms with Crippen LogP contribution in [0.4, 0.5) is 0 Å². The zero-order chi connectivity index (χ0) is 13.8. The van der Waals surface area contributed by atoms with Gasteiger partial charge < -0.3 is 15.4 Å². The molecule has 1 aromatic rings. The van der Waals surface area contributed by atoms with Gasteiger partial charge in [0.15, 0.2) is 0 Å². The van der Waals surface area contributed by atoms with Crippen molar-refractivity contribution in [2.24, 2.45) is 0 Å². The smallest absolute Gasteiger partial charge is 0.247 e. The topological polar surface area (TPSA) is 50.4 Å². The van der Waals surface area contributed by atoms with Crippen molar-refractivity contribution in [1.29, 1.82) is 0 Å². The van der Waals surface area contributed by atoms with Gasteiger partial charge in [-0.15, -0.1) is 0 Å². The summed E-state index contributed by atoms with van der Waals surface area (Å²) in [6.07, 6.45) is 0. The summed E-state index contributed by atoms with van der Waals surface area (Å²) >= 11 is 0. The lowest BCUT2D eigenvalue weighted by Crippen LogP contribution is -2.38. The average molecular weight is 260 g/mol. The number of nitrogens with one attached hydrogen (secondary N) is 2. The number of carbonyl (C=O) groups excluding carboxylic acids is 1. The van der Waals surface area contributed by atoms with E-state index in [4.69, 9.17) is 4.74 Å². The number of benzene rings is 1. The Balaban J connectivity index is 1.99. The highest BCUT2D eigenvalue weighted by atomic mass is 16.5. The van der Waals surface area contributed by atoms with Gasteiger partial charge in [0.05, 0.1) is 13.2 Å². The molecule has 1 aliphatic rings. The van der Waals surface area contributed by atoms with Gasteiger partial charge in [-0.3, -0.25) is 4.79 Å². The van der Waals surface area contributed by atoms with Gasteiger partial charge in [-0.1, -0.05) is 12.1 Å². The van der Waals surface area contributed by atoms with Gasteiger partial charge in [-0.05, 0) is 37.1 Å². The second-order valence-corrected chi connectivity index (χ2v) is 4.80. The first kappa shape index (κ1) is 13.6. The molecule has 2 rings (SSSR count). The third kappa shape index (κ3) is 3.15. The molecule has 2 N–H and O–H groups in total. The predicted molar refractivity (Wildman–Crippen MR) is 75.1 cm³/mol. The van der Waals surface area contributed by atoms with Gasteiger partial charge >= 0.3 is 0 Å². The molecule has 19 heavy (non-hydrogen) atoms. The summed E-state index contributed by atoms with van der Waals surface area (Å²) in [5.74, 6) is 0.834. The van der Waals surface area contributed by atoms with Gasteiger partial charge in [-0.25, -0.2) is 0 Å². The van der Waals surface area contributed by atoms with E-state index in [9.17, 15) is 4.79 Å². The molecule has 1 aliphatic heterocycles. The Hall–Kier alpha value is -1.81. The number of amides is 1. The minimum Gasteiger partial charge on any atom is -0.497 e. The summed E-state index contributed by atoms with van der Waals surface area (Å²) < 4.78 is 5.12. The fourth-order valence-electron chi connectivity index (χ4n) is 1.96. The Bertz CT molecular complexity index is 485. The monoisotopic (exact) mass is 260 g/mol. The molecule has 4 heteroatoms. The Morgan fingerprint density at radius 3 is 2.42 bits per heavy atom. The van der Waals surface area contributed by atoms with Crippen LogP contribution < -0.4 is 15.4 Å². The van der Waals surface area contributed by atoms with Gasteiger partial charge in [0, 0.05) is 18.7 Å². The van der Waals surface area contributed by atoms with E-state index in [1.165, 1.54) is 5.57 Å². The van der Waals surface area contributed by atoms with Crippen LogP contribution in [0.15, 0.2) is 35.4 Å².